The maximum atomic E-state index is 13.3. The molecule has 0 bridgehead atoms. The van der Waals surface area contributed by atoms with Gasteiger partial charge in [-0.3, -0.25) is 5.43 Å². The van der Waals surface area contributed by atoms with Crippen LogP contribution in [-0.2, 0) is 10.0 Å². The van der Waals surface area contributed by atoms with Gasteiger partial charge in [-0.1, -0.05) is 34.1 Å². The van der Waals surface area contributed by atoms with Gasteiger partial charge < -0.3 is 4.90 Å². The minimum absolute atomic E-state index is 0.144. The van der Waals surface area contributed by atoms with Gasteiger partial charge in [0.25, 0.3) is 16.0 Å². The summed E-state index contributed by atoms with van der Waals surface area (Å²) in [4.78, 5) is 6.95. The van der Waals surface area contributed by atoms with Crippen molar-refractivity contribution in [3.05, 3.63) is 52.5 Å². The highest BCUT2D eigenvalue weighted by Gasteiger charge is 2.26. The molecular weight excluding hydrogens is 468 g/mol. The first kappa shape index (κ1) is 21.1. The van der Waals surface area contributed by atoms with Crippen LogP contribution in [0, 0.1) is 6.92 Å². The lowest BCUT2D eigenvalue weighted by atomic mass is 10.2. The van der Waals surface area contributed by atoms with E-state index in [-0.39, 0.29) is 17.4 Å². The summed E-state index contributed by atoms with van der Waals surface area (Å²) in [6.45, 7) is 4.84. The summed E-state index contributed by atoms with van der Waals surface area (Å²) in [7, 11) is -3.78. The van der Waals surface area contributed by atoms with Crippen molar-refractivity contribution in [3.63, 3.8) is 0 Å². The lowest BCUT2D eigenvalue weighted by Crippen LogP contribution is -2.42. The van der Waals surface area contributed by atoms with Crippen LogP contribution in [0.2, 0.25) is 0 Å². The van der Waals surface area contributed by atoms with E-state index in [1.807, 2.05) is 19.1 Å². The molecule has 8 nitrogen and oxygen atoms in total. The van der Waals surface area contributed by atoms with Crippen LogP contribution in [-0.4, -0.2) is 59.1 Å². The second-order valence-corrected chi connectivity index (χ2v) is 9.99. The molecule has 1 saturated heterocycles. The summed E-state index contributed by atoms with van der Waals surface area (Å²) in [5, 5.41) is 8.28. The van der Waals surface area contributed by atoms with E-state index >= 15 is 0 Å². The van der Waals surface area contributed by atoms with Gasteiger partial charge in [-0.15, -0.1) is 14.6 Å². The van der Waals surface area contributed by atoms with E-state index < -0.39 is 10.0 Å². The third kappa shape index (κ3) is 4.61. The number of sulfonamides is 1. The van der Waals surface area contributed by atoms with E-state index in [9.17, 15) is 8.42 Å². The van der Waals surface area contributed by atoms with Gasteiger partial charge in [0.15, 0.2) is 0 Å². The Morgan fingerprint density at radius 1 is 1.10 bits per heavy atom. The zero-order chi connectivity index (χ0) is 21.1. The van der Waals surface area contributed by atoms with E-state index in [2.05, 4.69) is 41.4 Å². The molecule has 0 atom stereocenters. The van der Waals surface area contributed by atoms with Gasteiger partial charge in [0.2, 0.25) is 0 Å². The van der Waals surface area contributed by atoms with E-state index in [1.54, 1.807) is 30.3 Å². The summed E-state index contributed by atoms with van der Waals surface area (Å²) in [6, 6.07) is 12.1. The number of aromatic nitrogens is 3. The zero-order valence-corrected chi connectivity index (χ0v) is 19.0. The molecule has 0 amide bonds. The van der Waals surface area contributed by atoms with Crippen molar-refractivity contribution >= 4 is 42.9 Å². The summed E-state index contributed by atoms with van der Waals surface area (Å²) < 4.78 is 28.7. The molecule has 2 heterocycles. The molecule has 158 valence electrons. The average molecular weight is 491 g/mol. The van der Waals surface area contributed by atoms with Crippen molar-refractivity contribution in [1.82, 2.24) is 24.5 Å². The summed E-state index contributed by atoms with van der Waals surface area (Å²) in [5.74, 6) is 0.144. The SMILES string of the molecule is Cc1cc2nc(NN(CCN3CCCC3)S(=O)(=O)c3ccccc3)nnc2cc1Br. The predicted octanol–water partition coefficient (Wildman–Crippen LogP) is 3.21. The summed E-state index contributed by atoms with van der Waals surface area (Å²) in [6.07, 6.45) is 2.29. The van der Waals surface area contributed by atoms with Gasteiger partial charge in [0, 0.05) is 17.6 Å². The number of halogens is 1. The first-order valence-corrected chi connectivity index (χ1v) is 12.0. The van der Waals surface area contributed by atoms with Crippen LogP contribution < -0.4 is 5.43 Å². The van der Waals surface area contributed by atoms with Crippen LogP contribution in [0.25, 0.3) is 11.0 Å². The minimum Gasteiger partial charge on any atom is -0.302 e. The largest absolute Gasteiger partial charge is 0.302 e. The number of hydrogen-bond acceptors (Lipinski definition) is 7. The van der Waals surface area contributed by atoms with Gasteiger partial charge in [0.1, 0.15) is 5.52 Å². The fourth-order valence-electron chi connectivity index (χ4n) is 3.42. The Bertz CT molecular complexity index is 1140. The number of aryl methyl sites for hydroxylation is 1. The smallest absolute Gasteiger partial charge is 0.259 e. The third-order valence-electron chi connectivity index (χ3n) is 5.11. The predicted molar refractivity (Wildman–Crippen MR) is 119 cm³/mol. The number of nitrogens with one attached hydrogen (secondary N) is 1. The molecule has 1 aliphatic heterocycles. The van der Waals surface area contributed by atoms with Gasteiger partial charge >= 0.3 is 0 Å². The Morgan fingerprint density at radius 2 is 1.83 bits per heavy atom. The molecule has 0 unspecified atom stereocenters. The lowest BCUT2D eigenvalue weighted by Gasteiger charge is -2.25. The highest BCUT2D eigenvalue weighted by molar-refractivity contribution is 9.10. The van der Waals surface area contributed by atoms with Crippen LogP contribution in [0.5, 0.6) is 0 Å². The van der Waals surface area contributed by atoms with Crippen molar-refractivity contribution in [2.24, 2.45) is 0 Å². The Balaban J connectivity index is 1.63. The maximum absolute atomic E-state index is 13.3. The van der Waals surface area contributed by atoms with Gasteiger partial charge in [0.05, 0.1) is 10.4 Å². The standard InChI is InChI=1S/C20H23BrN6O2S/c1-15-13-18-19(14-17(15)21)23-24-20(22-18)25-27(12-11-26-9-5-6-10-26)30(28,29)16-7-3-2-4-8-16/h2-4,7-8,13-14H,5-6,9-12H2,1H3,(H,22,24,25). The summed E-state index contributed by atoms with van der Waals surface area (Å²) in [5.41, 5.74) is 5.18. The fraction of sp³-hybridized carbons (Fsp3) is 0.350. The van der Waals surface area contributed by atoms with Crippen molar-refractivity contribution in [2.75, 3.05) is 31.6 Å². The van der Waals surface area contributed by atoms with E-state index in [1.165, 1.54) is 4.41 Å². The molecule has 30 heavy (non-hydrogen) atoms. The molecule has 1 N–H and O–H groups in total. The lowest BCUT2D eigenvalue weighted by molar-refractivity contribution is 0.308. The van der Waals surface area contributed by atoms with Crippen LogP contribution in [0.4, 0.5) is 5.95 Å². The van der Waals surface area contributed by atoms with E-state index in [4.69, 9.17) is 0 Å². The van der Waals surface area contributed by atoms with Crippen LogP contribution >= 0.6 is 15.9 Å². The third-order valence-corrected chi connectivity index (χ3v) is 7.68. The summed E-state index contributed by atoms with van der Waals surface area (Å²) >= 11 is 3.48. The van der Waals surface area contributed by atoms with Gasteiger partial charge in [-0.25, -0.2) is 13.4 Å². The van der Waals surface area contributed by atoms with Crippen molar-refractivity contribution in [1.29, 1.82) is 0 Å². The Kier molecular flexibility index (Phi) is 6.28. The van der Waals surface area contributed by atoms with Crippen LogP contribution in [0.15, 0.2) is 51.8 Å². The topological polar surface area (TPSA) is 91.3 Å². The second kappa shape index (κ2) is 8.93. The molecule has 4 rings (SSSR count). The molecule has 2 aromatic carbocycles. The fourth-order valence-corrected chi connectivity index (χ4v) is 5.03. The molecule has 10 heteroatoms. The maximum Gasteiger partial charge on any atom is 0.259 e. The number of rotatable bonds is 7. The van der Waals surface area contributed by atoms with Crippen LogP contribution in [0.1, 0.15) is 18.4 Å². The number of fused-ring (bicyclic) bond motifs is 1. The molecule has 0 aliphatic carbocycles. The number of anilines is 1. The van der Waals surface area contributed by atoms with E-state index in [0.717, 1.165) is 36.0 Å². The highest BCUT2D eigenvalue weighted by Crippen LogP contribution is 2.22. The second-order valence-electron chi connectivity index (χ2n) is 7.28. The Hall–Kier alpha value is -2.14. The first-order valence-electron chi connectivity index (χ1n) is 9.81. The highest BCUT2D eigenvalue weighted by atomic mass is 79.9. The Morgan fingerprint density at radius 3 is 2.57 bits per heavy atom. The number of benzene rings is 2. The minimum atomic E-state index is -3.78. The zero-order valence-electron chi connectivity index (χ0n) is 16.6. The van der Waals surface area contributed by atoms with Crippen molar-refractivity contribution < 1.29 is 8.42 Å². The van der Waals surface area contributed by atoms with Crippen LogP contribution in [0.3, 0.4) is 0 Å². The quantitative estimate of drug-likeness (QED) is 0.508. The van der Waals surface area contributed by atoms with E-state index in [0.29, 0.717) is 17.6 Å². The normalized spacial score (nSPS) is 15.2. The number of hydrogen-bond donors (Lipinski definition) is 1. The van der Waals surface area contributed by atoms with Gasteiger partial charge in [-0.05, 0) is 62.7 Å². The Labute approximate surface area is 184 Å². The molecule has 0 saturated carbocycles. The molecule has 1 aromatic heterocycles. The molecule has 0 spiro atoms. The van der Waals surface area contributed by atoms with Gasteiger partial charge in [-0.2, -0.15) is 0 Å². The number of hydrazine groups is 1. The average Bonchev–Trinajstić information content (AvgIpc) is 3.26. The molecule has 1 fully saturated rings. The molecule has 3 aromatic rings. The first-order chi connectivity index (χ1) is 14.4. The van der Waals surface area contributed by atoms with Crippen molar-refractivity contribution in [3.8, 4) is 0 Å². The molecule has 0 radical (unpaired) electrons. The molecule has 1 aliphatic rings. The number of likely N-dealkylation sites (tertiary alicyclic amines) is 1. The molecular formula is C20H23BrN6O2S. The monoisotopic (exact) mass is 490 g/mol. The van der Waals surface area contributed by atoms with Crippen molar-refractivity contribution in [2.45, 2.75) is 24.7 Å². The number of nitrogens with zero attached hydrogens (tertiary/aromatic N) is 5.